The van der Waals surface area contributed by atoms with Crippen LogP contribution in [0, 0.1) is 18.6 Å². The third kappa shape index (κ3) is 2.65. The second-order valence-corrected chi connectivity index (χ2v) is 2.86. The lowest BCUT2D eigenvalue weighted by Crippen LogP contribution is -1.92. The van der Waals surface area contributed by atoms with Crippen LogP contribution in [0.1, 0.15) is 12.5 Å². The summed E-state index contributed by atoms with van der Waals surface area (Å²) in [6.07, 6.45) is 2.24. The first-order valence-electron chi connectivity index (χ1n) is 4.04. The van der Waals surface area contributed by atoms with E-state index in [9.17, 15) is 8.78 Å². The molecule has 1 aromatic carbocycles. The van der Waals surface area contributed by atoms with Crippen molar-refractivity contribution in [3.05, 3.63) is 54.0 Å². The molecule has 0 N–H and O–H groups in total. The van der Waals surface area contributed by atoms with Crippen LogP contribution in [0.5, 0.6) is 0 Å². The van der Waals surface area contributed by atoms with Gasteiger partial charge in [0.05, 0.1) is 0 Å². The highest BCUT2D eigenvalue weighted by Gasteiger charge is 2.03. The Bertz CT molecular complexity index is 327. The summed E-state index contributed by atoms with van der Waals surface area (Å²) in [6, 6.07) is 3.58. The lowest BCUT2D eigenvalue weighted by molar-refractivity contribution is 0.574. The van der Waals surface area contributed by atoms with Crippen molar-refractivity contribution in [2.24, 2.45) is 0 Å². The molecule has 0 aliphatic rings. The molecule has 0 heterocycles. The highest BCUT2D eigenvalue weighted by molar-refractivity contribution is 5.25. The van der Waals surface area contributed by atoms with Gasteiger partial charge in [-0.15, -0.1) is 0 Å². The molecule has 0 saturated carbocycles. The molecule has 0 atom stereocenters. The lowest BCUT2D eigenvalue weighted by Gasteiger charge is -2.02. The van der Waals surface area contributed by atoms with Gasteiger partial charge in [-0.2, -0.15) is 0 Å². The number of allylic oxidation sites excluding steroid dienone is 2. The normalized spacial score (nSPS) is 11.8. The second kappa shape index (κ2) is 4.17. The first kappa shape index (κ1) is 9.90. The highest BCUT2D eigenvalue weighted by atomic mass is 19.1. The Labute approximate surface area is 76.9 Å². The van der Waals surface area contributed by atoms with Crippen LogP contribution in [-0.4, -0.2) is 0 Å². The van der Waals surface area contributed by atoms with Gasteiger partial charge in [-0.25, -0.2) is 8.78 Å². The Kier molecular flexibility index (Phi) is 3.18. The molecule has 1 rings (SSSR count). The molecular weight excluding hydrogens is 170 g/mol. The fourth-order valence-corrected chi connectivity index (χ4v) is 1.01. The van der Waals surface area contributed by atoms with Crippen molar-refractivity contribution < 1.29 is 8.78 Å². The fraction of sp³-hybridized carbons (Fsp3) is 0.182. The predicted octanol–water partition coefficient (Wildman–Crippen LogP) is 3.29. The summed E-state index contributed by atoms with van der Waals surface area (Å²) < 4.78 is 25.5. The van der Waals surface area contributed by atoms with Crippen molar-refractivity contribution in [2.45, 2.75) is 13.3 Å². The van der Waals surface area contributed by atoms with E-state index in [1.54, 1.807) is 0 Å². The van der Waals surface area contributed by atoms with Crippen LogP contribution in [0.2, 0.25) is 0 Å². The Morgan fingerprint density at radius 1 is 1.46 bits per heavy atom. The average molecular weight is 181 g/mol. The Morgan fingerprint density at radius 2 is 2.15 bits per heavy atom. The minimum Gasteiger partial charge on any atom is -0.207 e. The van der Waals surface area contributed by atoms with E-state index in [0.717, 1.165) is 11.6 Å². The van der Waals surface area contributed by atoms with E-state index in [0.29, 0.717) is 12.0 Å². The molecule has 0 aliphatic carbocycles. The molecule has 0 spiro atoms. The number of rotatable bonds is 2. The van der Waals surface area contributed by atoms with E-state index < -0.39 is 11.6 Å². The van der Waals surface area contributed by atoms with E-state index in [2.05, 4.69) is 6.92 Å². The van der Waals surface area contributed by atoms with Gasteiger partial charge in [0.2, 0.25) is 0 Å². The van der Waals surface area contributed by atoms with Gasteiger partial charge in [0.1, 0.15) is 11.6 Å². The monoisotopic (exact) mass is 181 g/mol. The standard InChI is InChI=1S/C11H11F2/c1-3-8(2)6-9-4-5-10(12)7-11(9)13/h3-5,7H,2,6H2,1H3/b8-3-. The van der Waals surface area contributed by atoms with Gasteiger partial charge in [0.25, 0.3) is 0 Å². The van der Waals surface area contributed by atoms with Crippen LogP contribution in [-0.2, 0) is 6.42 Å². The summed E-state index contributed by atoms with van der Waals surface area (Å²) >= 11 is 0. The summed E-state index contributed by atoms with van der Waals surface area (Å²) in [4.78, 5) is 0. The zero-order valence-corrected chi connectivity index (χ0v) is 7.48. The molecule has 0 bridgehead atoms. The van der Waals surface area contributed by atoms with Crippen LogP contribution in [0.3, 0.4) is 0 Å². The number of hydrogen-bond donors (Lipinski definition) is 0. The first-order valence-corrected chi connectivity index (χ1v) is 4.04. The van der Waals surface area contributed by atoms with Crippen LogP contribution in [0.25, 0.3) is 0 Å². The molecule has 1 aromatic rings. The molecular formula is C11H11F2. The van der Waals surface area contributed by atoms with E-state index in [1.807, 2.05) is 13.0 Å². The van der Waals surface area contributed by atoms with Crippen molar-refractivity contribution >= 4 is 0 Å². The topological polar surface area (TPSA) is 0 Å². The largest absolute Gasteiger partial charge is 0.207 e. The Morgan fingerprint density at radius 3 is 2.69 bits per heavy atom. The zero-order valence-electron chi connectivity index (χ0n) is 7.48. The minimum absolute atomic E-state index is 0.433. The summed E-state index contributed by atoms with van der Waals surface area (Å²) in [5.74, 6) is -1.06. The molecule has 69 valence electrons. The van der Waals surface area contributed by atoms with Gasteiger partial charge in [-0.05, 0) is 31.9 Å². The van der Waals surface area contributed by atoms with Crippen LogP contribution in [0.15, 0.2) is 29.8 Å². The molecule has 0 nitrogen and oxygen atoms in total. The van der Waals surface area contributed by atoms with Crippen molar-refractivity contribution in [1.82, 2.24) is 0 Å². The van der Waals surface area contributed by atoms with E-state index >= 15 is 0 Å². The Balaban J connectivity index is 2.90. The molecule has 0 saturated heterocycles. The maximum Gasteiger partial charge on any atom is 0.129 e. The third-order valence-electron chi connectivity index (χ3n) is 1.84. The van der Waals surface area contributed by atoms with Crippen molar-refractivity contribution in [1.29, 1.82) is 0 Å². The van der Waals surface area contributed by atoms with E-state index in [1.165, 1.54) is 12.1 Å². The van der Waals surface area contributed by atoms with Gasteiger partial charge in [0, 0.05) is 6.07 Å². The molecule has 2 heteroatoms. The maximum atomic E-state index is 13.1. The molecule has 13 heavy (non-hydrogen) atoms. The maximum absolute atomic E-state index is 13.1. The second-order valence-electron chi connectivity index (χ2n) is 2.86. The first-order chi connectivity index (χ1) is 6.13. The van der Waals surface area contributed by atoms with Gasteiger partial charge >= 0.3 is 0 Å². The van der Waals surface area contributed by atoms with E-state index in [-0.39, 0.29) is 0 Å². The molecule has 0 aromatic heterocycles. The fourth-order valence-electron chi connectivity index (χ4n) is 1.01. The quantitative estimate of drug-likeness (QED) is 0.656. The number of benzene rings is 1. The SMILES string of the molecule is [CH2]/C(=C/C)Cc1ccc(F)cc1F. The minimum atomic E-state index is -0.549. The molecule has 1 radical (unpaired) electrons. The summed E-state index contributed by atoms with van der Waals surface area (Å²) in [6.45, 7) is 5.55. The van der Waals surface area contributed by atoms with Gasteiger partial charge in [-0.1, -0.05) is 17.7 Å². The van der Waals surface area contributed by atoms with Crippen molar-refractivity contribution in [3.63, 3.8) is 0 Å². The smallest absolute Gasteiger partial charge is 0.129 e. The predicted molar refractivity (Wildman–Crippen MR) is 49.2 cm³/mol. The summed E-state index contributed by atoms with van der Waals surface area (Å²) in [5.41, 5.74) is 1.30. The van der Waals surface area contributed by atoms with E-state index in [4.69, 9.17) is 0 Å². The average Bonchev–Trinajstić information content (AvgIpc) is 2.09. The highest BCUT2D eigenvalue weighted by Crippen LogP contribution is 2.13. The van der Waals surface area contributed by atoms with Gasteiger partial charge in [-0.3, -0.25) is 0 Å². The molecule has 0 fully saturated rings. The van der Waals surface area contributed by atoms with Crippen LogP contribution in [0.4, 0.5) is 8.78 Å². The number of halogens is 2. The van der Waals surface area contributed by atoms with Crippen LogP contribution < -0.4 is 0 Å². The van der Waals surface area contributed by atoms with Gasteiger partial charge < -0.3 is 0 Å². The zero-order chi connectivity index (χ0) is 9.84. The van der Waals surface area contributed by atoms with Crippen LogP contribution >= 0.6 is 0 Å². The summed E-state index contributed by atoms with van der Waals surface area (Å²) in [7, 11) is 0. The summed E-state index contributed by atoms with van der Waals surface area (Å²) in [5, 5.41) is 0. The molecule has 0 aliphatic heterocycles. The Hall–Kier alpha value is -1.18. The molecule has 0 amide bonds. The molecule has 0 unspecified atom stereocenters. The van der Waals surface area contributed by atoms with Crippen molar-refractivity contribution in [2.75, 3.05) is 0 Å². The van der Waals surface area contributed by atoms with Crippen molar-refractivity contribution in [3.8, 4) is 0 Å². The number of hydrogen-bond acceptors (Lipinski definition) is 0. The van der Waals surface area contributed by atoms with Gasteiger partial charge in [0.15, 0.2) is 0 Å². The lowest BCUT2D eigenvalue weighted by atomic mass is 10.1. The third-order valence-corrected chi connectivity index (χ3v) is 1.84.